The molecule has 0 atom stereocenters. The number of urea groups is 1. The molecule has 0 bridgehead atoms. The van der Waals surface area contributed by atoms with E-state index in [1.54, 1.807) is 55.1 Å². The van der Waals surface area contributed by atoms with Crippen LogP contribution < -0.4 is 9.50 Å². The smallest absolute Gasteiger partial charge is 0.317 e. The highest BCUT2D eigenvalue weighted by molar-refractivity contribution is 7.87. The summed E-state index contributed by atoms with van der Waals surface area (Å²) in [4.78, 5) is 14.0. The van der Waals surface area contributed by atoms with E-state index in [0.29, 0.717) is 19.6 Å². The van der Waals surface area contributed by atoms with E-state index in [-0.39, 0.29) is 17.6 Å². The highest BCUT2D eigenvalue weighted by Gasteiger charge is 2.18. The molecule has 2 rings (SSSR count). The average Bonchev–Trinajstić information content (AvgIpc) is 2.64. The molecule has 0 heterocycles. The monoisotopic (exact) mass is 408 g/mol. The fraction of sp³-hybridized carbons (Fsp3) is 0.350. The Labute approximate surface area is 165 Å². The Hall–Kier alpha value is -2.61. The van der Waals surface area contributed by atoms with Gasteiger partial charge in [0.25, 0.3) is 0 Å². The summed E-state index contributed by atoms with van der Waals surface area (Å²) < 4.78 is 41.8. The van der Waals surface area contributed by atoms with Gasteiger partial charge in [-0.1, -0.05) is 24.3 Å². The van der Waals surface area contributed by atoms with Gasteiger partial charge >= 0.3 is 16.1 Å². The lowest BCUT2D eigenvalue weighted by Gasteiger charge is -2.23. The number of carbonyl (C=O) groups is 1. The molecule has 0 radical (unpaired) electrons. The number of hydrogen-bond acceptors (Lipinski definition) is 4. The lowest BCUT2D eigenvalue weighted by atomic mass is 10.1. The molecule has 2 amide bonds. The van der Waals surface area contributed by atoms with Crippen LogP contribution >= 0.6 is 0 Å². The molecule has 0 unspecified atom stereocenters. The van der Waals surface area contributed by atoms with E-state index in [0.717, 1.165) is 11.1 Å². The predicted molar refractivity (Wildman–Crippen MR) is 106 cm³/mol. The Morgan fingerprint density at radius 1 is 1.04 bits per heavy atom. The first-order chi connectivity index (χ1) is 13.2. The van der Waals surface area contributed by atoms with Crippen molar-refractivity contribution in [1.29, 1.82) is 0 Å². The van der Waals surface area contributed by atoms with Crippen molar-refractivity contribution in [3.8, 4) is 5.75 Å². The summed E-state index contributed by atoms with van der Waals surface area (Å²) in [6.07, 6.45) is 0. The SMILES string of the molecule is CCNC(=O)N(Cc1ccc(F)cc1)Cc1ccc(OS(=O)(=O)C(C)C)cc1. The second kappa shape index (κ2) is 9.54. The number of nitrogens with one attached hydrogen (secondary N) is 1. The molecule has 0 aliphatic carbocycles. The fourth-order valence-corrected chi connectivity index (χ4v) is 2.95. The Morgan fingerprint density at radius 2 is 1.54 bits per heavy atom. The van der Waals surface area contributed by atoms with Crippen molar-refractivity contribution in [2.75, 3.05) is 6.54 Å². The van der Waals surface area contributed by atoms with Gasteiger partial charge in [0.1, 0.15) is 11.6 Å². The van der Waals surface area contributed by atoms with E-state index in [1.165, 1.54) is 12.1 Å². The third-order valence-electron chi connectivity index (χ3n) is 3.99. The summed E-state index contributed by atoms with van der Waals surface area (Å²) in [5, 5.41) is 2.12. The molecule has 152 valence electrons. The largest absolute Gasteiger partial charge is 0.382 e. The van der Waals surface area contributed by atoms with E-state index in [1.807, 2.05) is 6.92 Å². The Balaban J connectivity index is 2.12. The van der Waals surface area contributed by atoms with Gasteiger partial charge in [-0.15, -0.1) is 0 Å². The van der Waals surface area contributed by atoms with Crippen LogP contribution in [0.2, 0.25) is 0 Å². The van der Waals surface area contributed by atoms with Crippen LogP contribution in [0.4, 0.5) is 9.18 Å². The van der Waals surface area contributed by atoms with E-state index in [4.69, 9.17) is 4.18 Å². The number of carbonyl (C=O) groups excluding carboxylic acids is 1. The third-order valence-corrected chi connectivity index (χ3v) is 5.57. The van der Waals surface area contributed by atoms with Gasteiger partial charge in [0.05, 0.1) is 5.25 Å². The van der Waals surface area contributed by atoms with Crippen LogP contribution in [0.1, 0.15) is 31.9 Å². The summed E-state index contributed by atoms with van der Waals surface area (Å²) >= 11 is 0. The molecule has 2 aromatic rings. The Kier molecular flexibility index (Phi) is 7.39. The maximum atomic E-state index is 13.1. The first-order valence-electron chi connectivity index (χ1n) is 9.00. The normalized spacial score (nSPS) is 11.3. The van der Waals surface area contributed by atoms with Gasteiger partial charge in [0.15, 0.2) is 0 Å². The second-order valence-corrected chi connectivity index (χ2v) is 8.68. The minimum absolute atomic E-state index is 0.223. The molecule has 0 aromatic heterocycles. The van der Waals surface area contributed by atoms with Gasteiger partial charge in [-0.05, 0) is 56.2 Å². The van der Waals surface area contributed by atoms with Crippen molar-refractivity contribution >= 4 is 16.1 Å². The van der Waals surface area contributed by atoms with Crippen LogP contribution in [0, 0.1) is 5.82 Å². The van der Waals surface area contributed by atoms with Gasteiger partial charge in [-0.2, -0.15) is 8.42 Å². The Morgan fingerprint density at radius 3 is 2.00 bits per heavy atom. The van der Waals surface area contributed by atoms with Crippen molar-refractivity contribution in [3.05, 3.63) is 65.5 Å². The molecule has 28 heavy (non-hydrogen) atoms. The number of hydrogen-bond donors (Lipinski definition) is 1. The highest BCUT2D eigenvalue weighted by Crippen LogP contribution is 2.18. The van der Waals surface area contributed by atoms with E-state index in [2.05, 4.69) is 5.32 Å². The minimum atomic E-state index is -3.66. The maximum Gasteiger partial charge on any atom is 0.317 e. The summed E-state index contributed by atoms with van der Waals surface area (Å²) in [5.41, 5.74) is 1.61. The van der Waals surface area contributed by atoms with Crippen LogP contribution in [-0.4, -0.2) is 31.1 Å². The van der Waals surface area contributed by atoms with Crippen molar-refractivity contribution in [2.24, 2.45) is 0 Å². The quantitative estimate of drug-likeness (QED) is 0.676. The lowest BCUT2D eigenvalue weighted by molar-refractivity contribution is 0.193. The molecule has 0 saturated carbocycles. The molecule has 2 aromatic carbocycles. The molecule has 0 saturated heterocycles. The molecule has 0 aliphatic rings. The van der Waals surface area contributed by atoms with Crippen molar-refractivity contribution in [2.45, 2.75) is 39.1 Å². The first-order valence-corrected chi connectivity index (χ1v) is 10.5. The van der Waals surface area contributed by atoms with Gasteiger partial charge in [-0.25, -0.2) is 9.18 Å². The zero-order valence-electron chi connectivity index (χ0n) is 16.2. The van der Waals surface area contributed by atoms with Crippen molar-refractivity contribution < 1.29 is 21.8 Å². The number of rotatable bonds is 8. The van der Waals surface area contributed by atoms with E-state index >= 15 is 0 Å². The number of amides is 2. The molecule has 0 fully saturated rings. The van der Waals surface area contributed by atoms with Gasteiger partial charge < -0.3 is 14.4 Å². The lowest BCUT2D eigenvalue weighted by Crippen LogP contribution is -2.38. The number of benzene rings is 2. The van der Waals surface area contributed by atoms with Crippen LogP contribution in [0.25, 0.3) is 0 Å². The summed E-state index contributed by atoms with van der Waals surface area (Å²) in [7, 11) is -3.66. The molecule has 1 N–H and O–H groups in total. The zero-order chi connectivity index (χ0) is 20.7. The average molecular weight is 408 g/mol. The van der Waals surface area contributed by atoms with Crippen molar-refractivity contribution in [3.63, 3.8) is 0 Å². The highest BCUT2D eigenvalue weighted by atomic mass is 32.2. The predicted octanol–water partition coefficient (Wildman–Crippen LogP) is 3.67. The molecule has 0 spiro atoms. The van der Waals surface area contributed by atoms with Crippen molar-refractivity contribution in [1.82, 2.24) is 10.2 Å². The molecular weight excluding hydrogens is 383 g/mol. The summed E-state index contributed by atoms with van der Waals surface area (Å²) in [6, 6.07) is 12.3. The fourth-order valence-electron chi connectivity index (χ4n) is 2.37. The number of halogens is 1. The number of nitrogens with zero attached hydrogens (tertiary/aromatic N) is 1. The molecule has 6 nitrogen and oxygen atoms in total. The van der Waals surface area contributed by atoms with Crippen LogP contribution in [0.5, 0.6) is 5.75 Å². The van der Waals surface area contributed by atoms with E-state index < -0.39 is 15.4 Å². The zero-order valence-corrected chi connectivity index (χ0v) is 17.0. The standard InChI is InChI=1S/C20H25FN2O4S/c1-4-22-20(24)23(13-16-5-9-18(21)10-6-16)14-17-7-11-19(12-8-17)27-28(25,26)15(2)3/h5-12,15H,4,13-14H2,1-3H3,(H,22,24). The summed E-state index contributed by atoms with van der Waals surface area (Å²) in [6.45, 7) is 6.02. The van der Waals surface area contributed by atoms with Crippen LogP contribution in [0.15, 0.2) is 48.5 Å². The maximum absolute atomic E-state index is 13.1. The topological polar surface area (TPSA) is 75.7 Å². The summed E-state index contributed by atoms with van der Waals surface area (Å²) in [5.74, 6) is -0.110. The molecule has 0 aliphatic heterocycles. The third kappa shape index (κ3) is 6.23. The molecular formula is C20H25FN2O4S. The van der Waals surface area contributed by atoms with Gasteiger partial charge in [-0.3, -0.25) is 0 Å². The second-order valence-electron chi connectivity index (χ2n) is 6.59. The van der Waals surface area contributed by atoms with Gasteiger partial charge in [0, 0.05) is 19.6 Å². The minimum Gasteiger partial charge on any atom is -0.382 e. The van der Waals surface area contributed by atoms with Crippen LogP contribution in [-0.2, 0) is 23.2 Å². The van der Waals surface area contributed by atoms with Gasteiger partial charge in [0.2, 0.25) is 0 Å². The van der Waals surface area contributed by atoms with E-state index in [9.17, 15) is 17.6 Å². The van der Waals surface area contributed by atoms with Crippen LogP contribution in [0.3, 0.4) is 0 Å². The Bertz CT molecular complexity index is 881. The molecule has 8 heteroatoms. The first kappa shape index (κ1) is 21.7.